The van der Waals surface area contributed by atoms with E-state index in [1.165, 1.54) is 0 Å². The minimum atomic E-state index is 0.172. The second-order valence-corrected chi connectivity index (χ2v) is 6.19. The van der Waals surface area contributed by atoms with Crippen molar-refractivity contribution in [1.29, 1.82) is 0 Å². The first-order valence-electron chi connectivity index (χ1n) is 8.26. The van der Waals surface area contributed by atoms with Gasteiger partial charge in [-0.2, -0.15) is 0 Å². The molecule has 3 nitrogen and oxygen atoms in total. The van der Waals surface area contributed by atoms with Crippen molar-refractivity contribution < 1.29 is 15.0 Å². The largest absolute Gasteiger partial charge is 0.508 e. The smallest absolute Gasteiger partial charge is 0.150 e. The molecule has 4 aromatic rings. The maximum Gasteiger partial charge on any atom is 0.150 e. The number of hydrogen-bond donors (Lipinski definition) is 2. The van der Waals surface area contributed by atoms with Crippen molar-refractivity contribution in [2.75, 3.05) is 0 Å². The normalized spacial score (nSPS) is 10.8. The SMILES string of the molecule is O=Cc1cccc(-c2c(O)ccc3cc(-c4cccc(O)c4)ccc23)c1. The van der Waals surface area contributed by atoms with Gasteiger partial charge >= 0.3 is 0 Å². The predicted molar refractivity (Wildman–Crippen MR) is 104 cm³/mol. The number of aromatic hydroxyl groups is 2. The average molecular weight is 340 g/mol. The minimum absolute atomic E-state index is 0.172. The minimum Gasteiger partial charge on any atom is -0.508 e. The average Bonchev–Trinajstić information content (AvgIpc) is 2.67. The zero-order chi connectivity index (χ0) is 18.1. The molecule has 0 bridgehead atoms. The second-order valence-electron chi connectivity index (χ2n) is 6.19. The number of phenols is 2. The van der Waals surface area contributed by atoms with Crippen LogP contribution in [0.1, 0.15) is 10.4 Å². The topological polar surface area (TPSA) is 57.5 Å². The number of aldehydes is 1. The second kappa shape index (κ2) is 6.37. The molecule has 126 valence electrons. The number of carbonyl (C=O) groups is 1. The van der Waals surface area contributed by atoms with E-state index >= 15 is 0 Å². The number of benzene rings is 4. The lowest BCUT2D eigenvalue weighted by atomic mass is 9.94. The Morgan fingerprint density at radius 3 is 2.27 bits per heavy atom. The van der Waals surface area contributed by atoms with Gasteiger partial charge in [0.25, 0.3) is 0 Å². The highest BCUT2D eigenvalue weighted by Crippen LogP contribution is 2.38. The van der Waals surface area contributed by atoms with Crippen molar-refractivity contribution >= 4 is 17.1 Å². The Balaban J connectivity index is 1.92. The molecule has 0 amide bonds. The molecule has 0 aliphatic rings. The third-order valence-corrected chi connectivity index (χ3v) is 4.49. The lowest BCUT2D eigenvalue weighted by Crippen LogP contribution is -1.87. The predicted octanol–water partition coefficient (Wildman–Crippen LogP) is 5.40. The van der Waals surface area contributed by atoms with Crippen LogP contribution in [0.3, 0.4) is 0 Å². The van der Waals surface area contributed by atoms with Gasteiger partial charge in [0.15, 0.2) is 0 Å². The summed E-state index contributed by atoms with van der Waals surface area (Å²) in [6, 6.07) is 23.8. The molecule has 0 radical (unpaired) electrons. The van der Waals surface area contributed by atoms with Crippen LogP contribution in [0.15, 0.2) is 78.9 Å². The molecule has 0 heterocycles. The van der Waals surface area contributed by atoms with E-state index in [1.54, 1.807) is 36.4 Å². The van der Waals surface area contributed by atoms with Crippen molar-refractivity contribution in [1.82, 2.24) is 0 Å². The maximum absolute atomic E-state index is 11.1. The molecule has 0 saturated heterocycles. The van der Waals surface area contributed by atoms with Crippen LogP contribution in [-0.2, 0) is 0 Å². The molecule has 4 rings (SSSR count). The standard InChI is InChI=1S/C23H16O3/c24-14-15-3-1-5-19(11-15)23-21-9-7-17(12-18(21)8-10-22(23)26)16-4-2-6-20(25)13-16/h1-14,25-26H. The van der Waals surface area contributed by atoms with Crippen LogP contribution in [0.2, 0.25) is 0 Å². The van der Waals surface area contributed by atoms with Crippen LogP contribution in [0.5, 0.6) is 11.5 Å². The van der Waals surface area contributed by atoms with Crippen LogP contribution >= 0.6 is 0 Å². The fourth-order valence-corrected chi connectivity index (χ4v) is 3.25. The number of fused-ring (bicyclic) bond motifs is 1. The van der Waals surface area contributed by atoms with Crippen molar-refractivity contribution in [3.8, 4) is 33.8 Å². The van der Waals surface area contributed by atoms with Gasteiger partial charge in [0, 0.05) is 11.1 Å². The van der Waals surface area contributed by atoms with Gasteiger partial charge in [-0.25, -0.2) is 0 Å². The lowest BCUT2D eigenvalue weighted by Gasteiger charge is -2.12. The highest BCUT2D eigenvalue weighted by Gasteiger charge is 2.11. The van der Waals surface area contributed by atoms with Crippen molar-refractivity contribution in [3.05, 3.63) is 84.4 Å². The highest BCUT2D eigenvalue weighted by molar-refractivity contribution is 6.01. The Kier molecular flexibility index (Phi) is 3.90. The summed E-state index contributed by atoms with van der Waals surface area (Å²) in [5.74, 6) is 0.394. The lowest BCUT2D eigenvalue weighted by molar-refractivity contribution is 0.112. The Bertz CT molecular complexity index is 1130. The van der Waals surface area contributed by atoms with Gasteiger partial charge < -0.3 is 10.2 Å². The number of carbonyl (C=O) groups excluding carboxylic acids is 1. The molecule has 0 unspecified atom stereocenters. The Morgan fingerprint density at radius 1 is 0.692 bits per heavy atom. The molecule has 4 aromatic carbocycles. The highest BCUT2D eigenvalue weighted by atomic mass is 16.3. The first-order valence-corrected chi connectivity index (χ1v) is 8.26. The van der Waals surface area contributed by atoms with Gasteiger partial charge in [0.2, 0.25) is 0 Å². The molecule has 0 aliphatic carbocycles. The van der Waals surface area contributed by atoms with Crippen LogP contribution in [0.25, 0.3) is 33.0 Å². The van der Waals surface area contributed by atoms with E-state index in [0.717, 1.165) is 33.7 Å². The summed E-state index contributed by atoms with van der Waals surface area (Å²) in [6.07, 6.45) is 0.797. The van der Waals surface area contributed by atoms with Gasteiger partial charge in [-0.15, -0.1) is 0 Å². The summed E-state index contributed by atoms with van der Waals surface area (Å²) in [4.78, 5) is 11.1. The van der Waals surface area contributed by atoms with Crippen LogP contribution in [0, 0.1) is 0 Å². The summed E-state index contributed by atoms with van der Waals surface area (Å²) in [7, 11) is 0. The molecular formula is C23H16O3. The zero-order valence-electron chi connectivity index (χ0n) is 13.9. The molecule has 3 heteroatoms. The molecule has 0 aromatic heterocycles. The molecule has 0 saturated carbocycles. The van der Waals surface area contributed by atoms with E-state index in [4.69, 9.17) is 0 Å². The van der Waals surface area contributed by atoms with Crippen molar-refractivity contribution in [3.63, 3.8) is 0 Å². The third-order valence-electron chi connectivity index (χ3n) is 4.49. The van der Waals surface area contributed by atoms with Gasteiger partial charge in [0.1, 0.15) is 17.8 Å². The first-order chi connectivity index (χ1) is 12.7. The zero-order valence-corrected chi connectivity index (χ0v) is 13.9. The van der Waals surface area contributed by atoms with Gasteiger partial charge in [-0.1, -0.05) is 48.5 Å². The Morgan fingerprint density at radius 2 is 1.46 bits per heavy atom. The van der Waals surface area contributed by atoms with E-state index in [1.807, 2.05) is 42.5 Å². The van der Waals surface area contributed by atoms with Gasteiger partial charge in [0.05, 0.1) is 0 Å². The Labute approximate surface area is 150 Å². The van der Waals surface area contributed by atoms with Crippen molar-refractivity contribution in [2.45, 2.75) is 0 Å². The maximum atomic E-state index is 11.1. The molecular weight excluding hydrogens is 324 g/mol. The quantitative estimate of drug-likeness (QED) is 0.491. The first kappa shape index (κ1) is 15.9. The fourth-order valence-electron chi connectivity index (χ4n) is 3.25. The summed E-state index contributed by atoms with van der Waals surface area (Å²) in [6.45, 7) is 0. The summed E-state index contributed by atoms with van der Waals surface area (Å²) in [5.41, 5.74) is 3.96. The molecule has 0 atom stereocenters. The van der Waals surface area contributed by atoms with Crippen LogP contribution in [-0.4, -0.2) is 16.5 Å². The Hall–Kier alpha value is -3.59. The number of hydrogen-bond acceptors (Lipinski definition) is 3. The summed E-state index contributed by atoms with van der Waals surface area (Å²) >= 11 is 0. The van der Waals surface area contributed by atoms with Crippen LogP contribution < -0.4 is 0 Å². The molecule has 0 aliphatic heterocycles. The van der Waals surface area contributed by atoms with Gasteiger partial charge in [-0.05, 0) is 57.8 Å². The van der Waals surface area contributed by atoms with Crippen LogP contribution in [0.4, 0.5) is 0 Å². The van der Waals surface area contributed by atoms with E-state index in [0.29, 0.717) is 11.1 Å². The summed E-state index contributed by atoms with van der Waals surface area (Å²) in [5, 5.41) is 22.0. The summed E-state index contributed by atoms with van der Waals surface area (Å²) < 4.78 is 0. The molecule has 2 N–H and O–H groups in total. The van der Waals surface area contributed by atoms with E-state index < -0.39 is 0 Å². The van der Waals surface area contributed by atoms with E-state index in [-0.39, 0.29) is 11.5 Å². The molecule has 0 spiro atoms. The fraction of sp³-hybridized carbons (Fsp3) is 0. The van der Waals surface area contributed by atoms with E-state index in [9.17, 15) is 15.0 Å². The third kappa shape index (κ3) is 2.80. The number of phenolic OH excluding ortho intramolecular Hbond substituents is 2. The van der Waals surface area contributed by atoms with Crippen molar-refractivity contribution in [2.24, 2.45) is 0 Å². The molecule has 26 heavy (non-hydrogen) atoms. The monoisotopic (exact) mass is 340 g/mol. The van der Waals surface area contributed by atoms with E-state index in [2.05, 4.69) is 0 Å². The number of rotatable bonds is 3. The van der Waals surface area contributed by atoms with Gasteiger partial charge in [-0.3, -0.25) is 4.79 Å². The molecule has 0 fully saturated rings.